The third-order valence-corrected chi connectivity index (χ3v) is 2.86. The van der Waals surface area contributed by atoms with E-state index in [0.717, 1.165) is 0 Å². The number of rotatable bonds is 2. The number of aliphatic hydroxyl groups excluding tert-OH is 1. The lowest BCUT2D eigenvalue weighted by molar-refractivity contribution is -0.166. The summed E-state index contributed by atoms with van der Waals surface area (Å²) < 4.78 is 38.7. The van der Waals surface area contributed by atoms with Gasteiger partial charge in [0.2, 0.25) is 0 Å². The predicted octanol–water partition coefficient (Wildman–Crippen LogP) is 2.96. The Balaban J connectivity index is 2.45. The highest BCUT2D eigenvalue weighted by atomic mass is 127. The van der Waals surface area contributed by atoms with E-state index in [1.165, 1.54) is 12.1 Å². The van der Waals surface area contributed by atoms with Crippen molar-refractivity contribution in [2.24, 2.45) is 10.2 Å². The summed E-state index contributed by atoms with van der Waals surface area (Å²) in [6.07, 6.45) is -4.52. The molecule has 0 aliphatic carbocycles. The molecular formula is C9H6F3IN2O. The van der Waals surface area contributed by atoms with Crippen LogP contribution >= 0.6 is 22.6 Å². The van der Waals surface area contributed by atoms with E-state index in [9.17, 15) is 13.2 Å². The highest BCUT2D eigenvalue weighted by Crippen LogP contribution is 2.52. The van der Waals surface area contributed by atoms with Crippen LogP contribution in [0.4, 0.5) is 13.2 Å². The van der Waals surface area contributed by atoms with Crippen LogP contribution in [0.1, 0.15) is 11.1 Å². The molecule has 7 heteroatoms. The Morgan fingerprint density at radius 2 is 1.88 bits per heavy atom. The van der Waals surface area contributed by atoms with Crippen LogP contribution in [0.3, 0.4) is 0 Å². The number of alkyl halides is 3. The minimum Gasteiger partial charge on any atom is -0.392 e. The van der Waals surface area contributed by atoms with E-state index in [2.05, 4.69) is 10.2 Å². The Labute approximate surface area is 103 Å². The minimum atomic E-state index is -4.52. The summed E-state index contributed by atoms with van der Waals surface area (Å²) in [6.45, 7) is -0.308. The standard InChI is InChI=1S/C9H6F3IN2O/c10-9(11,12)8(14-15-8)6-1-5(4-16)2-7(13)3-6/h1-3,16H,4H2. The first-order valence-corrected chi connectivity index (χ1v) is 5.38. The summed E-state index contributed by atoms with van der Waals surface area (Å²) in [5.74, 6) is 0. The third-order valence-electron chi connectivity index (χ3n) is 2.24. The average Bonchev–Trinajstić information content (AvgIpc) is 2.96. The molecule has 1 heterocycles. The fraction of sp³-hybridized carbons (Fsp3) is 0.333. The monoisotopic (exact) mass is 342 g/mol. The molecule has 0 fully saturated rings. The topological polar surface area (TPSA) is 45.0 Å². The second kappa shape index (κ2) is 3.66. The number of aliphatic hydroxyl groups is 1. The number of halogens is 4. The number of nitrogens with zero attached hydrogens (tertiary/aromatic N) is 2. The van der Waals surface area contributed by atoms with Gasteiger partial charge in [-0.2, -0.15) is 13.2 Å². The fourth-order valence-corrected chi connectivity index (χ4v) is 2.12. The molecule has 0 saturated carbocycles. The predicted molar refractivity (Wildman–Crippen MR) is 57.7 cm³/mol. The Kier molecular flexibility index (Phi) is 2.69. The van der Waals surface area contributed by atoms with Gasteiger partial charge in [0.05, 0.1) is 6.61 Å². The lowest BCUT2D eigenvalue weighted by Crippen LogP contribution is -2.30. The molecule has 1 aromatic rings. The first-order chi connectivity index (χ1) is 7.39. The first kappa shape index (κ1) is 11.8. The molecule has 1 aliphatic heterocycles. The zero-order valence-electron chi connectivity index (χ0n) is 7.79. The van der Waals surface area contributed by atoms with Crippen LogP contribution in [0.15, 0.2) is 28.4 Å². The first-order valence-electron chi connectivity index (χ1n) is 4.30. The van der Waals surface area contributed by atoms with Crippen LogP contribution in [0.5, 0.6) is 0 Å². The van der Waals surface area contributed by atoms with Gasteiger partial charge in [-0.3, -0.25) is 0 Å². The van der Waals surface area contributed by atoms with Crippen LogP contribution in [0.25, 0.3) is 0 Å². The smallest absolute Gasteiger partial charge is 0.392 e. The quantitative estimate of drug-likeness (QED) is 0.826. The Morgan fingerprint density at radius 1 is 1.25 bits per heavy atom. The zero-order chi connectivity index (χ0) is 12.0. The molecule has 2 rings (SSSR count). The Hall–Kier alpha value is -0.700. The minimum absolute atomic E-state index is 0.0454. The molecule has 0 amide bonds. The molecule has 1 aliphatic rings. The van der Waals surface area contributed by atoms with Crippen LogP contribution in [0, 0.1) is 3.57 Å². The van der Waals surface area contributed by atoms with Gasteiger partial charge in [0.1, 0.15) is 0 Å². The van der Waals surface area contributed by atoms with E-state index in [0.29, 0.717) is 9.13 Å². The maximum atomic E-state index is 12.7. The molecule has 0 atom stereocenters. The van der Waals surface area contributed by atoms with Crippen LogP contribution in [0.2, 0.25) is 0 Å². The van der Waals surface area contributed by atoms with Gasteiger partial charge >= 0.3 is 11.8 Å². The highest BCUT2D eigenvalue weighted by molar-refractivity contribution is 14.1. The molecule has 86 valence electrons. The van der Waals surface area contributed by atoms with Crippen molar-refractivity contribution in [2.75, 3.05) is 0 Å². The van der Waals surface area contributed by atoms with Crippen LogP contribution in [-0.2, 0) is 12.3 Å². The molecule has 0 radical (unpaired) electrons. The highest BCUT2D eigenvalue weighted by Gasteiger charge is 2.65. The molecule has 3 nitrogen and oxygen atoms in total. The second-order valence-electron chi connectivity index (χ2n) is 3.38. The summed E-state index contributed by atoms with van der Waals surface area (Å²) in [6, 6.07) is 4.25. The van der Waals surface area contributed by atoms with Crippen molar-refractivity contribution in [3.8, 4) is 0 Å². The Morgan fingerprint density at radius 3 is 2.31 bits per heavy atom. The van der Waals surface area contributed by atoms with Gasteiger partial charge < -0.3 is 5.11 Å². The molecule has 0 aromatic heterocycles. The van der Waals surface area contributed by atoms with Crippen molar-refractivity contribution >= 4 is 22.6 Å². The van der Waals surface area contributed by atoms with Crippen LogP contribution < -0.4 is 0 Å². The largest absolute Gasteiger partial charge is 0.442 e. The van der Waals surface area contributed by atoms with E-state index in [1.54, 1.807) is 6.07 Å². The summed E-state index contributed by atoms with van der Waals surface area (Å²) in [5, 5.41) is 15.1. The van der Waals surface area contributed by atoms with Crippen molar-refractivity contribution in [3.05, 3.63) is 32.9 Å². The van der Waals surface area contributed by atoms with Crippen molar-refractivity contribution in [3.63, 3.8) is 0 Å². The summed E-state index contributed by atoms with van der Waals surface area (Å²) in [7, 11) is 0. The molecular weight excluding hydrogens is 336 g/mol. The van der Waals surface area contributed by atoms with Crippen LogP contribution in [-0.4, -0.2) is 11.3 Å². The van der Waals surface area contributed by atoms with Gasteiger partial charge in [-0.05, 0) is 46.4 Å². The van der Waals surface area contributed by atoms with E-state index in [4.69, 9.17) is 5.11 Å². The molecule has 0 bridgehead atoms. The van der Waals surface area contributed by atoms with Gasteiger partial charge in [-0.25, -0.2) is 0 Å². The SMILES string of the molecule is OCc1cc(I)cc(C2(C(F)(F)F)N=N2)c1. The summed E-state index contributed by atoms with van der Waals surface area (Å²) in [5.41, 5.74) is -2.03. The maximum Gasteiger partial charge on any atom is 0.442 e. The van der Waals surface area contributed by atoms with Crippen molar-refractivity contribution in [1.82, 2.24) is 0 Å². The van der Waals surface area contributed by atoms with Gasteiger partial charge in [0.25, 0.3) is 0 Å². The molecule has 0 spiro atoms. The third kappa shape index (κ3) is 1.81. The summed E-state index contributed by atoms with van der Waals surface area (Å²) >= 11 is 1.89. The van der Waals surface area contributed by atoms with Crippen molar-refractivity contribution in [2.45, 2.75) is 18.4 Å². The fourth-order valence-electron chi connectivity index (χ4n) is 1.39. The van der Waals surface area contributed by atoms with E-state index in [1.807, 2.05) is 22.6 Å². The number of hydrogen-bond donors (Lipinski definition) is 1. The van der Waals surface area contributed by atoms with Crippen molar-refractivity contribution in [1.29, 1.82) is 0 Å². The normalized spacial score (nSPS) is 17.6. The lowest BCUT2D eigenvalue weighted by Gasteiger charge is -2.15. The molecule has 1 aromatic carbocycles. The second-order valence-corrected chi connectivity index (χ2v) is 4.62. The van der Waals surface area contributed by atoms with Gasteiger partial charge in [-0.15, -0.1) is 10.2 Å². The van der Waals surface area contributed by atoms with Gasteiger partial charge in [-0.1, -0.05) is 0 Å². The van der Waals surface area contributed by atoms with Crippen molar-refractivity contribution < 1.29 is 18.3 Å². The van der Waals surface area contributed by atoms with Gasteiger partial charge in [0.15, 0.2) is 0 Å². The summed E-state index contributed by atoms with van der Waals surface area (Å²) in [4.78, 5) is 0. The molecule has 0 saturated heterocycles. The molecule has 0 unspecified atom stereocenters. The van der Waals surface area contributed by atoms with E-state index < -0.39 is 11.8 Å². The van der Waals surface area contributed by atoms with E-state index in [-0.39, 0.29) is 12.2 Å². The lowest BCUT2D eigenvalue weighted by atomic mass is 10.0. The van der Waals surface area contributed by atoms with Gasteiger partial charge in [0, 0.05) is 9.13 Å². The number of hydrogen-bond acceptors (Lipinski definition) is 3. The molecule has 16 heavy (non-hydrogen) atoms. The van der Waals surface area contributed by atoms with E-state index >= 15 is 0 Å². The Bertz CT molecular complexity index is 453. The molecule has 1 N–H and O–H groups in total. The average molecular weight is 342 g/mol. The number of benzene rings is 1. The zero-order valence-corrected chi connectivity index (χ0v) is 9.95. The maximum absolute atomic E-state index is 12.7.